The zero-order chi connectivity index (χ0) is 15.9. The molecule has 3 aromatic rings. The fraction of sp³-hybridized carbons (Fsp3) is 0.0556. The highest BCUT2D eigenvalue weighted by molar-refractivity contribution is 5.83. The van der Waals surface area contributed by atoms with Crippen LogP contribution in [0.25, 0.3) is 11.4 Å². The molecule has 0 fully saturated rings. The third-order valence-electron chi connectivity index (χ3n) is 3.16. The average molecular weight is 304 g/mol. The molecule has 114 valence electrons. The molecule has 0 aliphatic carbocycles. The quantitative estimate of drug-likeness (QED) is 0.518. The Hall–Kier alpha value is -3.21. The summed E-state index contributed by atoms with van der Waals surface area (Å²) >= 11 is 0. The molecule has 0 spiro atoms. The van der Waals surface area contributed by atoms with E-state index in [-0.39, 0.29) is 0 Å². The first-order valence-corrected chi connectivity index (χ1v) is 7.21. The largest absolute Gasteiger partial charge is 0.489 e. The first kappa shape index (κ1) is 14.7. The maximum Gasteiger partial charge on any atom is 0.184 e. The number of para-hydroxylation sites is 1. The highest BCUT2D eigenvalue weighted by Crippen LogP contribution is 2.18. The fourth-order valence-electron chi connectivity index (χ4n) is 2.08. The van der Waals surface area contributed by atoms with Gasteiger partial charge in [-0.25, -0.2) is 0 Å². The standard InChI is InChI=1S/C18H16N4O/c1-2-12-23-17-11-7-6-10-16(17)13-20-22-14-19-21-18(22)15-8-4-3-5-9-15/h2-11,13-14H,1,12H2/b20-13-. The second kappa shape index (κ2) is 7.17. The lowest BCUT2D eigenvalue weighted by atomic mass is 10.2. The number of aromatic nitrogens is 3. The molecule has 0 radical (unpaired) electrons. The third-order valence-corrected chi connectivity index (χ3v) is 3.16. The van der Waals surface area contributed by atoms with Crippen LogP contribution in [0, 0.1) is 0 Å². The minimum atomic E-state index is 0.451. The van der Waals surface area contributed by atoms with Crippen LogP contribution in [0.2, 0.25) is 0 Å². The summed E-state index contributed by atoms with van der Waals surface area (Å²) in [5, 5.41) is 12.5. The van der Waals surface area contributed by atoms with Crippen molar-refractivity contribution < 1.29 is 4.74 Å². The molecular formula is C18H16N4O. The van der Waals surface area contributed by atoms with Gasteiger partial charge in [-0.1, -0.05) is 55.1 Å². The van der Waals surface area contributed by atoms with Crippen LogP contribution in [-0.4, -0.2) is 27.7 Å². The van der Waals surface area contributed by atoms with Crippen molar-refractivity contribution in [2.24, 2.45) is 5.10 Å². The van der Waals surface area contributed by atoms with Crippen LogP contribution >= 0.6 is 0 Å². The zero-order valence-corrected chi connectivity index (χ0v) is 12.5. The Morgan fingerprint density at radius 1 is 1.09 bits per heavy atom. The Kier molecular flexibility index (Phi) is 4.59. The van der Waals surface area contributed by atoms with Gasteiger partial charge in [0.2, 0.25) is 0 Å². The van der Waals surface area contributed by atoms with Crippen LogP contribution in [0.3, 0.4) is 0 Å². The number of nitrogens with zero attached hydrogens (tertiary/aromatic N) is 4. The van der Waals surface area contributed by atoms with Gasteiger partial charge in [0, 0.05) is 11.1 Å². The lowest BCUT2D eigenvalue weighted by Crippen LogP contribution is -1.98. The minimum absolute atomic E-state index is 0.451. The van der Waals surface area contributed by atoms with Crippen molar-refractivity contribution in [2.45, 2.75) is 0 Å². The summed E-state index contributed by atoms with van der Waals surface area (Å²) in [4.78, 5) is 0. The molecule has 3 rings (SSSR count). The monoisotopic (exact) mass is 304 g/mol. The van der Waals surface area contributed by atoms with E-state index in [9.17, 15) is 0 Å². The minimum Gasteiger partial charge on any atom is -0.489 e. The van der Waals surface area contributed by atoms with E-state index in [2.05, 4.69) is 21.9 Å². The first-order chi connectivity index (χ1) is 11.4. The Morgan fingerprint density at radius 2 is 1.87 bits per heavy atom. The van der Waals surface area contributed by atoms with Crippen molar-refractivity contribution in [3.8, 4) is 17.1 Å². The molecule has 1 aromatic heterocycles. The van der Waals surface area contributed by atoms with E-state index in [4.69, 9.17) is 4.74 Å². The molecule has 5 heteroatoms. The van der Waals surface area contributed by atoms with Gasteiger partial charge in [-0.15, -0.1) is 10.2 Å². The molecule has 0 saturated carbocycles. The topological polar surface area (TPSA) is 52.3 Å². The fourth-order valence-corrected chi connectivity index (χ4v) is 2.08. The third kappa shape index (κ3) is 3.52. The van der Waals surface area contributed by atoms with E-state index in [0.29, 0.717) is 12.4 Å². The second-order valence-electron chi connectivity index (χ2n) is 4.75. The Balaban J connectivity index is 1.88. The Labute approximate surface area is 134 Å². The predicted octanol–water partition coefficient (Wildman–Crippen LogP) is 3.39. The normalized spacial score (nSPS) is 10.8. The van der Waals surface area contributed by atoms with Gasteiger partial charge in [-0.05, 0) is 12.1 Å². The smallest absolute Gasteiger partial charge is 0.184 e. The average Bonchev–Trinajstić information content (AvgIpc) is 3.08. The van der Waals surface area contributed by atoms with E-state index >= 15 is 0 Å². The summed E-state index contributed by atoms with van der Waals surface area (Å²) in [6.45, 7) is 4.11. The van der Waals surface area contributed by atoms with Gasteiger partial charge in [0.1, 0.15) is 18.7 Å². The number of rotatable bonds is 6. The first-order valence-electron chi connectivity index (χ1n) is 7.21. The molecule has 0 N–H and O–H groups in total. The van der Waals surface area contributed by atoms with Gasteiger partial charge < -0.3 is 4.74 Å². The summed E-state index contributed by atoms with van der Waals surface area (Å²) < 4.78 is 7.26. The van der Waals surface area contributed by atoms with Crippen molar-refractivity contribution in [3.05, 3.63) is 79.1 Å². The van der Waals surface area contributed by atoms with Crippen molar-refractivity contribution in [1.29, 1.82) is 0 Å². The summed E-state index contributed by atoms with van der Waals surface area (Å²) in [6.07, 6.45) is 5.02. The van der Waals surface area contributed by atoms with Crippen LogP contribution in [0.5, 0.6) is 5.75 Å². The maximum atomic E-state index is 5.62. The molecular weight excluding hydrogens is 288 g/mol. The van der Waals surface area contributed by atoms with Crippen LogP contribution in [0.1, 0.15) is 5.56 Å². The van der Waals surface area contributed by atoms with E-state index in [1.165, 1.54) is 0 Å². The summed E-state index contributed by atoms with van der Waals surface area (Å²) in [5.74, 6) is 1.44. The number of hydrogen-bond acceptors (Lipinski definition) is 4. The van der Waals surface area contributed by atoms with Crippen LogP contribution < -0.4 is 4.74 Å². The highest BCUT2D eigenvalue weighted by atomic mass is 16.5. The van der Waals surface area contributed by atoms with Gasteiger partial charge in [-0.2, -0.15) is 9.78 Å². The number of hydrogen-bond donors (Lipinski definition) is 0. The van der Waals surface area contributed by atoms with E-state index in [1.54, 1.807) is 23.3 Å². The van der Waals surface area contributed by atoms with Gasteiger partial charge in [0.05, 0.1) is 6.21 Å². The van der Waals surface area contributed by atoms with Gasteiger partial charge >= 0.3 is 0 Å². The molecule has 0 saturated heterocycles. The van der Waals surface area contributed by atoms with E-state index < -0.39 is 0 Å². The number of ether oxygens (including phenoxy) is 1. The molecule has 0 unspecified atom stereocenters. The van der Waals surface area contributed by atoms with Crippen molar-refractivity contribution >= 4 is 6.21 Å². The lowest BCUT2D eigenvalue weighted by Gasteiger charge is -2.06. The number of benzene rings is 2. The molecule has 0 atom stereocenters. The molecule has 0 bridgehead atoms. The van der Waals surface area contributed by atoms with Crippen molar-refractivity contribution in [1.82, 2.24) is 14.9 Å². The molecule has 2 aromatic carbocycles. The van der Waals surface area contributed by atoms with Crippen LogP contribution in [-0.2, 0) is 0 Å². The SMILES string of the molecule is C=CCOc1ccccc1/C=N\n1cnnc1-c1ccccc1. The maximum absolute atomic E-state index is 5.62. The van der Waals surface area contributed by atoms with E-state index in [1.807, 2.05) is 54.6 Å². The lowest BCUT2D eigenvalue weighted by molar-refractivity contribution is 0.362. The van der Waals surface area contributed by atoms with Crippen molar-refractivity contribution in [2.75, 3.05) is 6.61 Å². The molecule has 1 heterocycles. The summed E-state index contributed by atoms with van der Waals surface area (Å²) in [7, 11) is 0. The molecule has 23 heavy (non-hydrogen) atoms. The van der Waals surface area contributed by atoms with Gasteiger partial charge in [0.25, 0.3) is 0 Å². The molecule has 0 amide bonds. The van der Waals surface area contributed by atoms with E-state index in [0.717, 1.165) is 16.9 Å². The Morgan fingerprint density at radius 3 is 2.70 bits per heavy atom. The Bertz CT molecular complexity index is 809. The highest BCUT2D eigenvalue weighted by Gasteiger charge is 2.06. The van der Waals surface area contributed by atoms with Crippen molar-refractivity contribution in [3.63, 3.8) is 0 Å². The van der Waals surface area contributed by atoms with Crippen LogP contribution in [0.4, 0.5) is 0 Å². The molecule has 0 aliphatic heterocycles. The van der Waals surface area contributed by atoms with Gasteiger partial charge in [0.15, 0.2) is 5.82 Å². The van der Waals surface area contributed by atoms with Gasteiger partial charge in [-0.3, -0.25) is 0 Å². The predicted molar refractivity (Wildman–Crippen MR) is 90.6 cm³/mol. The molecule has 5 nitrogen and oxygen atoms in total. The second-order valence-corrected chi connectivity index (χ2v) is 4.75. The zero-order valence-electron chi connectivity index (χ0n) is 12.5. The van der Waals surface area contributed by atoms with Crippen LogP contribution in [0.15, 0.2) is 78.7 Å². The molecule has 0 aliphatic rings. The summed E-state index contributed by atoms with van der Waals surface area (Å²) in [6, 6.07) is 17.5. The summed E-state index contributed by atoms with van der Waals surface area (Å²) in [5.41, 5.74) is 1.83.